The molecule has 0 saturated heterocycles. The lowest BCUT2D eigenvalue weighted by molar-refractivity contribution is 0.257. The number of urea groups is 1. The highest BCUT2D eigenvalue weighted by molar-refractivity contribution is 6.30. The van der Waals surface area contributed by atoms with Crippen LogP contribution in [0.25, 0.3) is 27.7 Å². The Morgan fingerprint density at radius 3 is 2.67 bits per heavy atom. The van der Waals surface area contributed by atoms with Crippen molar-refractivity contribution in [3.05, 3.63) is 63.8 Å². The monoisotopic (exact) mass is 382 g/mol. The smallest absolute Gasteiger partial charge is 0.331 e. The fourth-order valence-corrected chi connectivity index (χ4v) is 3.21. The second kappa shape index (κ2) is 6.40. The van der Waals surface area contributed by atoms with Crippen LogP contribution < -0.4 is 16.7 Å². The van der Waals surface area contributed by atoms with Crippen molar-refractivity contribution >= 4 is 34.2 Å². The molecule has 0 radical (unpaired) electrons. The lowest BCUT2D eigenvalue weighted by Crippen LogP contribution is -2.35. The van der Waals surface area contributed by atoms with E-state index in [9.17, 15) is 9.59 Å². The Morgan fingerprint density at radius 1 is 1.26 bits per heavy atom. The molecule has 4 rings (SSSR count). The molecule has 0 fully saturated rings. The van der Waals surface area contributed by atoms with Crippen molar-refractivity contribution in [1.82, 2.24) is 19.3 Å². The summed E-state index contributed by atoms with van der Waals surface area (Å²) in [5.41, 5.74) is 10.8. The maximum absolute atomic E-state index is 12.6. The van der Waals surface area contributed by atoms with Crippen LogP contribution in [0.15, 0.2) is 47.5 Å². The molecule has 136 valence electrons. The van der Waals surface area contributed by atoms with Crippen LogP contribution in [0.4, 0.5) is 4.79 Å². The van der Waals surface area contributed by atoms with Crippen molar-refractivity contribution < 1.29 is 4.79 Å². The number of pyridine rings is 1. The van der Waals surface area contributed by atoms with Gasteiger partial charge in [-0.1, -0.05) is 30.7 Å². The second-order valence-electron chi connectivity index (χ2n) is 5.94. The molecule has 4 aromatic rings. The van der Waals surface area contributed by atoms with Crippen molar-refractivity contribution in [3.8, 4) is 11.1 Å². The van der Waals surface area contributed by atoms with Gasteiger partial charge in [0.2, 0.25) is 0 Å². The van der Waals surface area contributed by atoms with E-state index in [1.54, 1.807) is 10.6 Å². The summed E-state index contributed by atoms with van der Waals surface area (Å²) in [5, 5.41) is 5.61. The molecule has 0 bridgehead atoms. The molecule has 27 heavy (non-hydrogen) atoms. The number of primary amides is 1. The summed E-state index contributed by atoms with van der Waals surface area (Å²) in [6.45, 7) is 2.01. The van der Waals surface area contributed by atoms with Crippen LogP contribution in [-0.2, 0) is 6.42 Å². The third-order valence-electron chi connectivity index (χ3n) is 4.28. The predicted octanol–water partition coefficient (Wildman–Crippen LogP) is 2.55. The highest BCUT2D eigenvalue weighted by atomic mass is 35.5. The molecule has 3 aromatic heterocycles. The number of hydrogen-bond donors (Lipinski definition) is 2. The molecule has 0 spiro atoms. The van der Waals surface area contributed by atoms with Crippen LogP contribution in [0.3, 0.4) is 0 Å². The number of hydrogen-bond acceptors (Lipinski definition) is 4. The Bertz CT molecular complexity index is 1240. The maximum atomic E-state index is 12.6. The molecule has 0 atom stereocenters. The largest absolute Gasteiger partial charge is 0.350 e. The topological polar surface area (TPSA) is 107 Å². The highest BCUT2D eigenvalue weighted by Gasteiger charge is 2.17. The summed E-state index contributed by atoms with van der Waals surface area (Å²) in [6, 6.07) is 8.31. The van der Waals surface area contributed by atoms with Gasteiger partial charge >= 0.3 is 6.03 Å². The van der Waals surface area contributed by atoms with Crippen LogP contribution in [0.1, 0.15) is 12.6 Å². The molecule has 3 N–H and O–H groups in total. The van der Waals surface area contributed by atoms with Crippen LogP contribution in [0.5, 0.6) is 0 Å². The average Bonchev–Trinajstić information content (AvgIpc) is 3.03. The van der Waals surface area contributed by atoms with Crippen molar-refractivity contribution in [2.45, 2.75) is 13.3 Å². The van der Waals surface area contributed by atoms with Gasteiger partial charge in [-0.15, -0.1) is 0 Å². The van der Waals surface area contributed by atoms with Gasteiger partial charge in [0.25, 0.3) is 5.56 Å². The number of carbonyl (C=O) groups excluding carboxylic acids is 1. The molecule has 2 amide bonds. The zero-order valence-electron chi connectivity index (χ0n) is 14.3. The van der Waals surface area contributed by atoms with Crippen LogP contribution in [0, 0.1) is 0 Å². The van der Waals surface area contributed by atoms with Gasteiger partial charge in [-0.2, -0.15) is 5.10 Å². The summed E-state index contributed by atoms with van der Waals surface area (Å²) in [4.78, 5) is 28.1. The number of nitrogens with zero attached hydrogens (tertiary/aromatic N) is 4. The normalized spacial score (nSPS) is 11.2. The van der Waals surface area contributed by atoms with E-state index in [0.29, 0.717) is 28.0 Å². The molecular weight excluding hydrogens is 368 g/mol. The first-order valence-electron chi connectivity index (χ1n) is 8.24. The van der Waals surface area contributed by atoms with Crippen molar-refractivity contribution in [2.75, 3.05) is 5.43 Å². The summed E-state index contributed by atoms with van der Waals surface area (Å²) in [6.07, 6.45) is 3.61. The summed E-state index contributed by atoms with van der Waals surface area (Å²) < 4.78 is 2.66. The first-order chi connectivity index (χ1) is 13.0. The Labute approximate surface area is 158 Å². The molecule has 0 aliphatic heterocycles. The van der Waals surface area contributed by atoms with Gasteiger partial charge in [-0.05, 0) is 30.2 Å². The van der Waals surface area contributed by atoms with Gasteiger partial charge in [0.05, 0.1) is 16.6 Å². The summed E-state index contributed by atoms with van der Waals surface area (Å²) >= 11 is 6.00. The fourth-order valence-electron chi connectivity index (χ4n) is 3.08. The van der Waals surface area contributed by atoms with Gasteiger partial charge in [0, 0.05) is 23.0 Å². The minimum atomic E-state index is -0.831. The lowest BCUT2D eigenvalue weighted by atomic mass is 10.0. The van der Waals surface area contributed by atoms with E-state index in [4.69, 9.17) is 17.3 Å². The molecule has 8 nitrogen and oxygen atoms in total. The zero-order chi connectivity index (χ0) is 19.1. The fraction of sp³-hybridized carbons (Fsp3) is 0.111. The van der Waals surface area contributed by atoms with Gasteiger partial charge in [0.15, 0.2) is 5.65 Å². The van der Waals surface area contributed by atoms with Crippen molar-refractivity contribution in [3.63, 3.8) is 0 Å². The molecule has 1 aromatic carbocycles. The number of aromatic nitrogens is 4. The number of rotatable bonds is 3. The molecule has 0 aliphatic carbocycles. The van der Waals surface area contributed by atoms with E-state index < -0.39 is 11.6 Å². The summed E-state index contributed by atoms with van der Waals surface area (Å²) in [5.74, 6) is 0. The number of nitrogens with one attached hydrogen (secondary N) is 1. The first-order valence-corrected chi connectivity index (χ1v) is 8.61. The van der Waals surface area contributed by atoms with E-state index in [0.717, 1.165) is 21.5 Å². The zero-order valence-corrected chi connectivity index (χ0v) is 15.1. The standard InChI is InChI=1S/C18H15ClN6O2/c1-2-13-15(10-3-5-11(19)6-4-10)16-21-9-12-14(25(16)22-13)7-8-24(17(12)26)23-18(20)27/h3-9H,2H2,1H3,(H3,20,23,27). The second-order valence-corrected chi connectivity index (χ2v) is 6.38. The third kappa shape index (κ3) is 2.80. The van der Waals surface area contributed by atoms with E-state index in [1.165, 1.54) is 12.4 Å². The number of carbonyl (C=O) groups is 1. The SMILES string of the molecule is CCc1nn2c(ncc3c(=O)n(NC(N)=O)ccc32)c1-c1ccc(Cl)cc1. The third-order valence-corrected chi connectivity index (χ3v) is 4.53. The van der Waals surface area contributed by atoms with Crippen LogP contribution >= 0.6 is 11.6 Å². The minimum absolute atomic E-state index is 0.312. The molecule has 9 heteroatoms. The predicted molar refractivity (Wildman–Crippen MR) is 104 cm³/mol. The van der Waals surface area contributed by atoms with E-state index >= 15 is 0 Å². The molecule has 3 heterocycles. The molecular formula is C18H15ClN6O2. The van der Waals surface area contributed by atoms with E-state index in [1.807, 2.05) is 31.2 Å². The highest BCUT2D eigenvalue weighted by Crippen LogP contribution is 2.30. The number of aryl methyl sites for hydroxylation is 1. The van der Waals surface area contributed by atoms with Gasteiger partial charge in [0.1, 0.15) is 0 Å². The van der Waals surface area contributed by atoms with Crippen molar-refractivity contribution in [1.29, 1.82) is 0 Å². The van der Waals surface area contributed by atoms with Gasteiger partial charge in [-0.25, -0.2) is 24.4 Å². The average molecular weight is 383 g/mol. The Hall–Kier alpha value is -3.39. The molecule has 0 unspecified atom stereocenters. The van der Waals surface area contributed by atoms with Gasteiger partial charge < -0.3 is 5.73 Å². The number of halogens is 1. The summed E-state index contributed by atoms with van der Waals surface area (Å²) in [7, 11) is 0. The Morgan fingerprint density at radius 2 is 2.00 bits per heavy atom. The first kappa shape index (κ1) is 17.0. The van der Waals surface area contributed by atoms with Crippen molar-refractivity contribution in [2.24, 2.45) is 5.73 Å². The van der Waals surface area contributed by atoms with Crippen LogP contribution in [0.2, 0.25) is 5.02 Å². The van der Waals surface area contributed by atoms with E-state index in [-0.39, 0.29) is 0 Å². The Kier molecular flexibility index (Phi) is 4.04. The lowest BCUT2D eigenvalue weighted by Gasteiger charge is -2.07. The minimum Gasteiger partial charge on any atom is -0.350 e. The number of nitrogens with two attached hydrogens (primary N) is 1. The Balaban J connectivity index is 2.01. The molecule has 0 aliphatic rings. The molecule has 0 saturated carbocycles. The maximum Gasteiger partial charge on any atom is 0.331 e. The number of benzene rings is 1. The van der Waals surface area contributed by atoms with Gasteiger partial charge in [-0.3, -0.25) is 4.79 Å². The number of amides is 2. The number of fused-ring (bicyclic) bond motifs is 3. The van der Waals surface area contributed by atoms with E-state index in [2.05, 4.69) is 15.5 Å². The quantitative estimate of drug-likeness (QED) is 0.567. The van der Waals surface area contributed by atoms with Crippen LogP contribution in [-0.4, -0.2) is 25.3 Å².